The number of hydrogen-bond donors (Lipinski definition) is 0. The highest BCUT2D eigenvalue weighted by molar-refractivity contribution is 7.26. The largest absolute Gasteiger partial charge is 0.247 e. The summed E-state index contributed by atoms with van der Waals surface area (Å²) >= 11 is 1.84. The molecule has 0 aliphatic carbocycles. The zero-order valence-corrected chi connectivity index (χ0v) is 29.5. The molecular weight excluding hydrogens is 663 g/mol. The molecule has 248 valence electrons. The maximum Gasteiger partial charge on any atom is 0.160 e. The molecule has 53 heavy (non-hydrogen) atoms. The van der Waals surface area contributed by atoms with E-state index in [1.165, 1.54) is 47.8 Å². The predicted octanol–water partition coefficient (Wildman–Crippen LogP) is 13.4. The third-order valence-corrected chi connectivity index (χ3v) is 11.1. The summed E-state index contributed by atoms with van der Waals surface area (Å²) in [7, 11) is 0. The molecule has 10 aromatic rings. The molecule has 0 unspecified atom stereocenters. The van der Waals surface area contributed by atoms with Gasteiger partial charge in [0.05, 0.1) is 22.6 Å². The summed E-state index contributed by atoms with van der Waals surface area (Å²) in [4.78, 5) is 15.6. The Labute approximate surface area is 311 Å². The minimum absolute atomic E-state index is 0.686. The second kappa shape index (κ2) is 13.1. The summed E-state index contributed by atoms with van der Waals surface area (Å²) < 4.78 is 2.52. The second-order valence-corrected chi connectivity index (χ2v) is 14.3. The van der Waals surface area contributed by atoms with Gasteiger partial charge in [0.1, 0.15) is 0 Å². The Morgan fingerprint density at radius 3 is 1.51 bits per heavy atom. The minimum Gasteiger partial charge on any atom is -0.247 e. The van der Waals surface area contributed by atoms with Gasteiger partial charge in [-0.25, -0.2) is 15.0 Å². The third-order valence-electron chi connectivity index (χ3n) is 9.91. The van der Waals surface area contributed by atoms with Crippen molar-refractivity contribution in [2.24, 2.45) is 0 Å². The first kappa shape index (κ1) is 31.0. The molecule has 10 rings (SSSR count). The van der Waals surface area contributed by atoms with Crippen LogP contribution in [0.1, 0.15) is 0 Å². The zero-order chi connectivity index (χ0) is 35.1. The van der Waals surface area contributed by atoms with E-state index in [0.29, 0.717) is 5.82 Å². The Hall–Kier alpha value is -6.75. The molecule has 0 fully saturated rings. The van der Waals surface area contributed by atoms with Crippen LogP contribution in [0.2, 0.25) is 0 Å². The van der Waals surface area contributed by atoms with E-state index in [0.717, 1.165) is 44.9 Å². The van der Waals surface area contributed by atoms with Crippen LogP contribution in [0, 0.1) is 0 Å². The first-order valence-corrected chi connectivity index (χ1v) is 18.6. The van der Waals surface area contributed by atoms with Crippen molar-refractivity contribution >= 4 is 42.4 Å². The number of benzene rings is 7. The van der Waals surface area contributed by atoms with E-state index in [9.17, 15) is 0 Å². The number of nitrogens with zero attached hydrogens (tertiary/aromatic N) is 3. The van der Waals surface area contributed by atoms with Gasteiger partial charge in [-0.1, -0.05) is 164 Å². The van der Waals surface area contributed by atoms with Crippen molar-refractivity contribution in [1.82, 2.24) is 15.0 Å². The highest BCUT2D eigenvalue weighted by atomic mass is 32.1. The van der Waals surface area contributed by atoms with E-state index in [2.05, 4.69) is 164 Å². The van der Waals surface area contributed by atoms with Crippen LogP contribution in [-0.4, -0.2) is 15.0 Å². The van der Waals surface area contributed by atoms with Crippen LogP contribution in [0.15, 0.2) is 188 Å². The maximum atomic E-state index is 5.35. The van der Waals surface area contributed by atoms with Crippen LogP contribution in [0.4, 0.5) is 0 Å². The monoisotopic (exact) mass is 693 g/mol. The highest BCUT2D eigenvalue weighted by Gasteiger charge is 2.18. The van der Waals surface area contributed by atoms with Gasteiger partial charge in [0.2, 0.25) is 0 Å². The molecule has 0 saturated carbocycles. The summed E-state index contributed by atoms with van der Waals surface area (Å²) in [5.41, 5.74) is 12.6. The predicted molar refractivity (Wildman–Crippen MR) is 223 cm³/mol. The molecule has 3 nitrogen and oxygen atoms in total. The standard InChI is InChI=1S/C49H31N3S/c1-4-12-32(13-5-1)34-20-22-36(23-21-34)44-31-43(35-16-8-3-9-17-35)51-49(52-44)38-26-24-37(25-27-38)47-46-40-18-10-11-19-45(40)53-48(46)41-30-39(28-29-42(41)50-47)33-14-6-2-7-15-33/h1-31H. The maximum absolute atomic E-state index is 5.35. The number of rotatable bonds is 6. The van der Waals surface area contributed by atoms with Crippen molar-refractivity contribution in [2.45, 2.75) is 0 Å². The second-order valence-electron chi connectivity index (χ2n) is 13.2. The summed E-state index contributed by atoms with van der Waals surface area (Å²) in [5, 5.41) is 3.60. The number of thiophene rings is 1. The number of aromatic nitrogens is 3. The smallest absolute Gasteiger partial charge is 0.160 e. The van der Waals surface area contributed by atoms with Crippen LogP contribution in [-0.2, 0) is 0 Å². The minimum atomic E-state index is 0.686. The molecule has 0 spiro atoms. The molecule has 0 radical (unpaired) electrons. The van der Waals surface area contributed by atoms with Gasteiger partial charge in [0.25, 0.3) is 0 Å². The summed E-state index contributed by atoms with van der Waals surface area (Å²) in [6, 6.07) is 66.0. The van der Waals surface area contributed by atoms with Crippen molar-refractivity contribution in [3.05, 3.63) is 188 Å². The lowest BCUT2D eigenvalue weighted by Gasteiger charge is -2.12. The van der Waals surface area contributed by atoms with Gasteiger partial charge in [0.15, 0.2) is 5.82 Å². The summed E-state index contributed by atoms with van der Waals surface area (Å²) in [5.74, 6) is 0.686. The average molecular weight is 694 g/mol. The molecule has 0 N–H and O–H groups in total. The lowest BCUT2D eigenvalue weighted by Crippen LogP contribution is -1.96. The van der Waals surface area contributed by atoms with Gasteiger partial charge >= 0.3 is 0 Å². The van der Waals surface area contributed by atoms with Gasteiger partial charge in [0, 0.05) is 47.8 Å². The topological polar surface area (TPSA) is 38.7 Å². The van der Waals surface area contributed by atoms with Crippen molar-refractivity contribution in [3.8, 4) is 67.4 Å². The fraction of sp³-hybridized carbons (Fsp3) is 0. The molecule has 4 heteroatoms. The quantitative estimate of drug-likeness (QED) is 0.174. The Bertz CT molecular complexity index is 2900. The first-order valence-electron chi connectivity index (χ1n) is 17.8. The van der Waals surface area contributed by atoms with E-state index in [-0.39, 0.29) is 0 Å². The molecular formula is C49H31N3S. The third kappa shape index (κ3) is 5.76. The van der Waals surface area contributed by atoms with Gasteiger partial charge in [-0.15, -0.1) is 11.3 Å². The Balaban J connectivity index is 1.08. The molecule has 0 saturated heterocycles. The normalized spacial score (nSPS) is 11.4. The number of pyridine rings is 1. The van der Waals surface area contributed by atoms with Crippen molar-refractivity contribution in [3.63, 3.8) is 0 Å². The lowest BCUT2D eigenvalue weighted by atomic mass is 9.99. The van der Waals surface area contributed by atoms with E-state index < -0.39 is 0 Å². The van der Waals surface area contributed by atoms with Crippen molar-refractivity contribution in [2.75, 3.05) is 0 Å². The van der Waals surface area contributed by atoms with Gasteiger partial charge in [-0.3, -0.25) is 0 Å². The molecule has 0 atom stereocenters. The number of fused-ring (bicyclic) bond motifs is 5. The van der Waals surface area contributed by atoms with E-state index in [1.54, 1.807) is 0 Å². The molecule has 3 aromatic heterocycles. The van der Waals surface area contributed by atoms with Crippen LogP contribution in [0.5, 0.6) is 0 Å². The molecule has 3 heterocycles. The molecule has 0 amide bonds. The van der Waals surface area contributed by atoms with E-state index in [4.69, 9.17) is 15.0 Å². The van der Waals surface area contributed by atoms with Gasteiger partial charge in [-0.05, 0) is 46.5 Å². The first-order chi connectivity index (χ1) is 26.2. The Morgan fingerprint density at radius 2 is 0.830 bits per heavy atom. The fourth-order valence-corrected chi connectivity index (χ4v) is 8.43. The average Bonchev–Trinajstić information content (AvgIpc) is 3.64. The van der Waals surface area contributed by atoms with Crippen LogP contribution >= 0.6 is 11.3 Å². The van der Waals surface area contributed by atoms with Gasteiger partial charge in [-0.2, -0.15) is 0 Å². The van der Waals surface area contributed by atoms with Crippen LogP contribution in [0.25, 0.3) is 98.5 Å². The van der Waals surface area contributed by atoms with Gasteiger partial charge < -0.3 is 0 Å². The molecule has 0 aliphatic heterocycles. The Kier molecular flexibility index (Phi) is 7.67. The fourth-order valence-electron chi connectivity index (χ4n) is 7.20. The SMILES string of the molecule is c1ccc(-c2ccc(-c3cc(-c4ccccc4)nc(-c4ccc(-c5nc6ccc(-c7ccccc7)cc6c6sc7ccccc7c56)cc4)n3)cc2)cc1. The number of hydrogen-bond acceptors (Lipinski definition) is 4. The van der Waals surface area contributed by atoms with Crippen molar-refractivity contribution in [1.29, 1.82) is 0 Å². The Morgan fingerprint density at radius 1 is 0.340 bits per heavy atom. The summed E-state index contributed by atoms with van der Waals surface area (Å²) in [6.45, 7) is 0. The lowest BCUT2D eigenvalue weighted by molar-refractivity contribution is 1.18. The molecule has 0 aliphatic rings. The molecule has 0 bridgehead atoms. The van der Waals surface area contributed by atoms with Crippen LogP contribution < -0.4 is 0 Å². The van der Waals surface area contributed by atoms with E-state index >= 15 is 0 Å². The highest BCUT2D eigenvalue weighted by Crippen LogP contribution is 2.44. The summed E-state index contributed by atoms with van der Waals surface area (Å²) in [6.07, 6.45) is 0. The van der Waals surface area contributed by atoms with Crippen molar-refractivity contribution < 1.29 is 0 Å². The van der Waals surface area contributed by atoms with Crippen LogP contribution in [0.3, 0.4) is 0 Å². The molecule has 7 aromatic carbocycles. The zero-order valence-electron chi connectivity index (χ0n) is 28.6. The van der Waals surface area contributed by atoms with E-state index in [1.807, 2.05) is 35.6 Å².